The summed E-state index contributed by atoms with van der Waals surface area (Å²) in [6.07, 6.45) is 32.0. The fourth-order valence-corrected chi connectivity index (χ4v) is 2.93. The molecule has 20 heavy (non-hydrogen) atoms. The number of allylic oxidation sites excluding steroid dienone is 4. The number of hydrogen-bond donors (Lipinski definition) is 0. The topological polar surface area (TPSA) is 0 Å². The van der Waals surface area contributed by atoms with Crippen molar-refractivity contribution < 1.29 is 0 Å². The van der Waals surface area contributed by atoms with Crippen LogP contribution in [0.2, 0.25) is 0 Å². The fraction of sp³-hybridized carbons (Fsp3) is 0.800. The van der Waals surface area contributed by atoms with Gasteiger partial charge in [0.15, 0.2) is 0 Å². The molecule has 0 aromatic rings. The summed E-state index contributed by atoms with van der Waals surface area (Å²) < 4.78 is 0. The Morgan fingerprint density at radius 3 is 0.750 bits per heavy atom. The van der Waals surface area contributed by atoms with Crippen LogP contribution < -0.4 is 0 Å². The molecular weight excluding hydrogens is 240 g/mol. The summed E-state index contributed by atoms with van der Waals surface area (Å²) in [6, 6.07) is 0. The maximum Gasteiger partial charge on any atom is -0.0351 e. The van der Waals surface area contributed by atoms with Gasteiger partial charge in [-0.05, 0) is 51.4 Å². The lowest BCUT2D eigenvalue weighted by atomic mass is 10.0. The third-order valence-corrected chi connectivity index (χ3v) is 4.32. The highest BCUT2D eigenvalue weighted by Gasteiger charge is 1.93. The Balaban J connectivity index is 2.11. The standard InChI is InChI=1S/C20H36/c1-2-4-6-8-10-12-14-16-18-20-19-17-15-13-11-9-7-5-3-1/h1-2,13,15H,3-12,14,16-20H2/b2-1+,15-13+. The van der Waals surface area contributed by atoms with Crippen molar-refractivity contribution in [3.05, 3.63) is 24.3 Å². The minimum absolute atomic E-state index is 1.30. The second kappa shape index (κ2) is 14.9. The van der Waals surface area contributed by atoms with E-state index in [4.69, 9.17) is 0 Å². The molecule has 1 rings (SSSR count). The lowest BCUT2D eigenvalue weighted by Gasteiger charge is -2.02. The van der Waals surface area contributed by atoms with Crippen LogP contribution in [0.5, 0.6) is 0 Å². The van der Waals surface area contributed by atoms with Gasteiger partial charge in [-0.15, -0.1) is 0 Å². The Kier molecular flexibility index (Phi) is 13.0. The summed E-state index contributed by atoms with van der Waals surface area (Å²) in [6.45, 7) is 0. The van der Waals surface area contributed by atoms with Crippen LogP contribution >= 0.6 is 0 Å². The molecule has 0 heteroatoms. The molecular formula is C20H36. The van der Waals surface area contributed by atoms with Crippen LogP contribution in [0.15, 0.2) is 24.3 Å². The van der Waals surface area contributed by atoms with Crippen molar-refractivity contribution in [3.8, 4) is 0 Å². The first-order valence-electron chi connectivity index (χ1n) is 9.30. The van der Waals surface area contributed by atoms with Crippen molar-refractivity contribution in [1.82, 2.24) is 0 Å². The van der Waals surface area contributed by atoms with Crippen molar-refractivity contribution in [2.24, 2.45) is 0 Å². The highest BCUT2D eigenvalue weighted by Crippen LogP contribution is 2.12. The van der Waals surface area contributed by atoms with E-state index in [0.29, 0.717) is 0 Å². The van der Waals surface area contributed by atoms with Gasteiger partial charge in [0.05, 0.1) is 0 Å². The van der Waals surface area contributed by atoms with Gasteiger partial charge in [0.1, 0.15) is 0 Å². The van der Waals surface area contributed by atoms with E-state index in [-0.39, 0.29) is 0 Å². The highest BCUT2D eigenvalue weighted by molar-refractivity contribution is 4.83. The SMILES string of the molecule is C1=C/CCCCCCCCCCC/C=C/CCCCC/1. The first-order chi connectivity index (χ1) is 10.0. The monoisotopic (exact) mass is 276 g/mol. The van der Waals surface area contributed by atoms with Crippen LogP contribution in [0.1, 0.15) is 103 Å². The second-order valence-corrected chi connectivity index (χ2v) is 6.34. The Morgan fingerprint density at radius 2 is 0.450 bits per heavy atom. The van der Waals surface area contributed by atoms with Crippen LogP contribution in [0.25, 0.3) is 0 Å². The predicted octanol–water partition coefficient (Wildman–Crippen LogP) is 7.35. The summed E-state index contributed by atoms with van der Waals surface area (Å²) in [5.74, 6) is 0. The van der Waals surface area contributed by atoms with E-state index in [1.165, 1.54) is 103 Å². The summed E-state index contributed by atoms with van der Waals surface area (Å²) in [5.41, 5.74) is 0. The Labute approximate surface area is 127 Å². The van der Waals surface area contributed by atoms with Gasteiger partial charge in [-0.1, -0.05) is 75.7 Å². The number of rotatable bonds is 0. The number of hydrogen-bond acceptors (Lipinski definition) is 0. The van der Waals surface area contributed by atoms with Gasteiger partial charge in [0.25, 0.3) is 0 Å². The molecule has 0 spiro atoms. The zero-order chi connectivity index (χ0) is 14.1. The van der Waals surface area contributed by atoms with E-state index in [1.807, 2.05) is 0 Å². The van der Waals surface area contributed by atoms with Crippen molar-refractivity contribution in [1.29, 1.82) is 0 Å². The van der Waals surface area contributed by atoms with Gasteiger partial charge in [-0.2, -0.15) is 0 Å². The largest absolute Gasteiger partial charge is 0.0885 e. The van der Waals surface area contributed by atoms with Crippen LogP contribution in [0.3, 0.4) is 0 Å². The van der Waals surface area contributed by atoms with Crippen molar-refractivity contribution in [3.63, 3.8) is 0 Å². The zero-order valence-corrected chi connectivity index (χ0v) is 13.6. The molecule has 0 bridgehead atoms. The summed E-state index contributed by atoms with van der Waals surface area (Å²) >= 11 is 0. The van der Waals surface area contributed by atoms with Gasteiger partial charge >= 0.3 is 0 Å². The Hall–Kier alpha value is -0.520. The van der Waals surface area contributed by atoms with Crippen LogP contribution in [0.4, 0.5) is 0 Å². The Bertz CT molecular complexity index is 212. The average molecular weight is 277 g/mol. The first-order valence-corrected chi connectivity index (χ1v) is 9.30. The van der Waals surface area contributed by atoms with Crippen LogP contribution in [0, 0.1) is 0 Å². The molecule has 1 aliphatic carbocycles. The molecule has 0 fully saturated rings. The van der Waals surface area contributed by atoms with Gasteiger partial charge in [-0.3, -0.25) is 0 Å². The van der Waals surface area contributed by atoms with E-state index in [2.05, 4.69) is 24.3 Å². The van der Waals surface area contributed by atoms with Crippen molar-refractivity contribution in [2.45, 2.75) is 103 Å². The molecule has 0 aliphatic heterocycles. The smallest absolute Gasteiger partial charge is 0.0351 e. The van der Waals surface area contributed by atoms with Gasteiger partial charge < -0.3 is 0 Å². The van der Waals surface area contributed by atoms with E-state index in [9.17, 15) is 0 Å². The van der Waals surface area contributed by atoms with Gasteiger partial charge in [-0.25, -0.2) is 0 Å². The molecule has 0 radical (unpaired) electrons. The first kappa shape index (κ1) is 17.5. The molecule has 0 atom stereocenters. The second-order valence-electron chi connectivity index (χ2n) is 6.34. The van der Waals surface area contributed by atoms with Gasteiger partial charge in [0, 0.05) is 0 Å². The summed E-state index contributed by atoms with van der Waals surface area (Å²) in [7, 11) is 0. The highest BCUT2D eigenvalue weighted by atomic mass is 14.0. The van der Waals surface area contributed by atoms with Gasteiger partial charge in [0.2, 0.25) is 0 Å². The maximum atomic E-state index is 2.41. The molecule has 0 unspecified atom stereocenters. The molecule has 0 nitrogen and oxygen atoms in total. The van der Waals surface area contributed by atoms with Crippen molar-refractivity contribution in [2.75, 3.05) is 0 Å². The quantitative estimate of drug-likeness (QED) is 0.405. The van der Waals surface area contributed by atoms with E-state index >= 15 is 0 Å². The molecule has 0 aromatic carbocycles. The molecule has 0 N–H and O–H groups in total. The molecule has 0 aromatic heterocycles. The molecule has 0 heterocycles. The van der Waals surface area contributed by atoms with Crippen LogP contribution in [-0.2, 0) is 0 Å². The maximum absolute atomic E-state index is 2.41. The van der Waals surface area contributed by atoms with E-state index < -0.39 is 0 Å². The minimum atomic E-state index is 1.30. The lowest BCUT2D eigenvalue weighted by molar-refractivity contribution is 0.561. The van der Waals surface area contributed by atoms with E-state index in [1.54, 1.807) is 0 Å². The normalized spacial score (nSPS) is 25.6. The molecule has 1 aliphatic rings. The Morgan fingerprint density at radius 1 is 0.250 bits per heavy atom. The lowest BCUT2D eigenvalue weighted by Crippen LogP contribution is -1.82. The van der Waals surface area contributed by atoms with Crippen LogP contribution in [-0.4, -0.2) is 0 Å². The third kappa shape index (κ3) is 12.5. The third-order valence-electron chi connectivity index (χ3n) is 4.32. The summed E-state index contributed by atoms with van der Waals surface area (Å²) in [4.78, 5) is 0. The van der Waals surface area contributed by atoms with Crippen molar-refractivity contribution >= 4 is 0 Å². The molecule has 0 amide bonds. The fourth-order valence-electron chi connectivity index (χ4n) is 2.93. The predicted molar refractivity (Wildman–Crippen MR) is 92.2 cm³/mol. The average Bonchev–Trinajstić information content (AvgIpc) is 2.46. The molecule has 116 valence electrons. The summed E-state index contributed by atoms with van der Waals surface area (Å²) in [5, 5.41) is 0. The molecule has 0 saturated heterocycles. The minimum Gasteiger partial charge on any atom is -0.0885 e. The molecule has 0 saturated carbocycles. The zero-order valence-electron chi connectivity index (χ0n) is 13.6. The van der Waals surface area contributed by atoms with E-state index in [0.717, 1.165) is 0 Å².